The fourth-order valence-electron chi connectivity index (χ4n) is 4.52. The maximum absolute atomic E-state index is 12.9. The molecular weight excluding hydrogens is 464 g/mol. The van der Waals surface area contributed by atoms with Gasteiger partial charge >= 0.3 is 0 Å². The van der Waals surface area contributed by atoms with Crippen LogP contribution in [0.25, 0.3) is 10.2 Å². The molecule has 2 heterocycles. The number of allylic oxidation sites excluding steroid dienone is 2. The van der Waals surface area contributed by atoms with Crippen molar-refractivity contribution < 1.29 is 15.0 Å². The van der Waals surface area contributed by atoms with E-state index in [1.54, 1.807) is 12.6 Å². The maximum Gasteiger partial charge on any atom is 0.211 e. The first-order valence-corrected chi connectivity index (χ1v) is 12.9. The Labute approximate surface area is 210 Å². The van der Waals surface area contributed by atoms with E-state index in [9.17, 15) is 9.90 Å². The minimum absolute atomic E-state index is 0.0850. The van der Waals surface area contributed by atoms with Gasteiger partial charge in [-0.2, -0.15) is 0 Å². The zero-order valence-corrected chi connectivity index (χ0v) is 21.2. The molecule has 1 fully saturated rings. The minimum Gasteiger partial charge on any atom is -0.511 e. The number of aliphatic hydroxyl groups excluding tert-OH is 2. The Bertz CT molecular complexity index is 1120. The largest absolute Gasteiger partial charge is 0.511 e. The van der Waals surface area contributed by atoms with Gasteiger partial charge in [0.25, 0.3) is 0 Å². The fourth-order valence-corrected chi connectivity index (χ4v) is 5.36. The van der Waals surface area contributed by atoms with Gasteiger partial charge in [0, 0.05) is 78.3 Å². The Hall–Kier alpha value is -2.66. The Morgan fingerprint density at radius 3 is 2.60 bits per heavy atom. The second-order valence-electron chi connectivity index (χ2n) is 9.23. The van der Waals surface area contributed by atoms with Gasteiger partial charge in [0.2, 0.25) is 5.13 Å². The molecule has 0 amide bonds. The number of β-amino-alcohol motifs (C(OH)–C–C–N with tert-alkyl or cyclic N) is 1. The molecule has 1 saturated heterocycles. The number of aliphatic imine (C=N–C) groups is 2. The second kappa shape index (κ2) is 11.9. The number of rotatable bonds is 9. The van der Waals surface area contributed by atoms with Crippen molar-refractivity contribution in [2.24, 2.45) is 9.98 Å². The normalized spacial score (nSPS) is 20.7. The van der Waals surface area contributed by atoms with Gasteiger partial charge in [-0.25, -0.2) is 9.98 Å². The zero-order valence-electron chi connectivity index (χ0n) is 20.4. The standard InChI is InChI=1S/C25H34N6O3S/c1-29(2)17-27-25-28-24-19(4-3-5-23(24)35-25)18-14-21(33)20(22(34)15-18)16-26-6-7-30-8-10-31(11-9-30)12-13-32/h3-5,16-18,32-33H,6-15H2,1-2H3/b26-16?,27-17+. The van der Waals surface area contributed by atoms with Crippen molar-refractivity contribution in [1.29, 1.82) is 0 Å². The molecule has 2 aliphatic rings. The van der Waals surface area contributed by atoms with Crippen LogP contribution in [0.15, 0.2) is 39.5 Å². The van der Waals surface area contributed by atoms with Crippen molar-refractivity contribution in [3.05, 3.63) is 35.1 Å². The number of Topliss-reactive ketones (excluding diaryl/α,β-unsaturated/α-hetero) is 1. The van der Waals surface area contributed by atoms with Gasteiger partial charge in [-0.3, -0.25) is 19.6 Å². The summed E-state index contributed by atoms with van der Waals surface area (Å²) in [7, 11) is 3.82. The van der Waals surface area contributed by atoms with E-state index in [4.69, 9.17) is 5.11 Å². The molecule has 0 spiro atoms. The summed E-state index contributed by atoms with van der Waals surface area (Å²) in [5.41, 5.74) is 2.15. The number of nitrogens with zero attached hydrogens (tertiary/aromatic N) is 6. The highest BCUT2D eigenvalue weighted by Crippen LogP contribution is 2.39. The Balaban J connectivity index is 1.38. The van der Waals surface area contributed by atoms with Crippen LogP contribution in [0.3, 0.4) is 0 Å². The van der Waals surface area contributed by atoms with Gasteiger partial charge in [-0.05, 0) is 11.6 Å². The summed E-state index contributed by atoms with van der Waals surface area (Å²) in [6, 6.07) is 5.98. The number of benzene rings is 1. The molecule has 0 radical (unpaired) electrons. The first kappa shape index (κ1) is 25.4. The van der Waals surface area contributed by atoms with E-state index in [0.717, 1.165) is 55.0 Å². The number of carbonyl (C=O) groups excluding carboxylic acids is 1. The third kappa shape index (κ3) is 6.52. The van der Waals surface area contributed by atoms with Gasteiger partial charge in [0.15, 0.2) is 5.78 Å². The molecule has 0 bridgehead atoms. The lowest BCUT2D eigenvalue weighted by atomic mass is 9.82. The van der Waals surface area contributed by atoms with Crippen LogP contribution >= 0.6 is 11.3 Å². The molecule has 2 N–H and O–H groups in total. The molecule has 1 aliphatic carbocycles. The Kier molecular flexibility index (Phi) is 8.61. The van der Waals surface area contributed by atoms with Gasteiger partial charge in [-0.1, -0.05) is 23.5 Å². The summed E-state index contributed by atoms with van der Waals surface area (Å²) in [5, 5.41) is 20.4. The number of hydrogen-bond donors (Lipinski definition) is 2. The van der Waals surface area contributed by atoms with Crippen molar-refractivity contribution in [2.75, 3.05) is 66.5 Å². The number of aromatic nitrogens is 1. The van der Waals surface area contributed by atoms with Gasteiger partial charge in [0.1, 0.15) is 5.76 Å². The van der Waals surface area contributed by atoms with Crippen LogP contribution in [0.2, 0.25) is 0 Å². The third-order valence-corrected chi connectivity index (χ3v) is 7.34. The van der Waals surface area contributed by atoms with Crippen molar-refractivity contribution >= 4 is 45.0 Å². The monoisotopic (exact) mass is 498 g/mol. The summed E-state index contributed by atoms with van der Waals surface area (Å²) < 4.78 is 1.02. The van der Waals surface area contributed by atoms with Crippen LogP contribution in [0, 0.1) is 0 Å². The first-order chi connectivity index (χ1) is 16.9. The predicted octanol–water partition coefficient (Wildman–Crippen LogP) is 2.46. The van der Waals surface area contributed by atoms with E-state index in [-0.39, 0.29) is 24.1 Å². The molecule has 10 heteroatoms. The molecule has 0 saturated carbocycles. The highest BCUT2D eigenvalue weighted by atomic mass is 32.1. The van der Waals surface area contributed by atoms with E-state index >= 15 is 0 Å². The first-order valence-electron chi connectivity index (χ1n) is 12.1. The van der Waals surface area contributed by atoms with Crippen LogP contribution < -0.4 is 0 Å². The average Bonchev–Trinajstić information content (AvgIpc) is 3.26. The van der Waals surface area contributed by atoms with Crippen molar-refractivity contribution in [3.8, 4) is 0 Å². The number of ketones is 1. The molecular formula is C25H34N6O3S. The molecule has 35 heavy (non-hydrogen) atoms. The van der Waals surface area contributed by atoms with E-state index < -0.39 is 0 Å². The summed E-state index contributed by atoms with van der Waals surface area (Å²) in [6.45, 7) is 6.13. The highest BCUT2D eigenvalue weighted by molar-refractivity contribution is 7.22. The summed E-state index contributed by atoms with van der Waals surface area (Å²) >= 11 is 1.51. The van der Waals surface area contributed by atoms with Crippen molar-refractivity contribution in [1.82, 2.24) is 19.7 Å². The fraction of sp³-hybridized carbons (Fsp3) is 0.520. The molecule has 1 aromatic carbocycles. The number of aliphatic hydroxyl groups is 2. The van der Waals surface area contributed by atoms with Crippen LogP contribution in [-0.2, 0) is 4.79 Å². The lowest BCUT2D eigenvalue weighted by Crippen LogP contribution is -2.47. The lowest BCUT2D eigenvalue weighted by Gasteiger charge is -2.33. The maximum atomic E-state index is 12.9. The highest BCUT2D eigenvalue weighted by Gasteiger charge is 2.29. The van der Waals surface area contributed by atoms with Crippen LogP contribution in [-0.4, -0.2) is 115 Å². The summed E-state index contributed by atoms with van der Waals surface area (Å²) in [4.78, 5) is 32.9. The van der Waals surface area contributed by atoms with Crippen LogP contribution in [0.4, 0.5) is 5.13 Å². The number of thiazole rings is 1. The van der Waals surface area contributed by atoms with Crippen molar-refractivity contribution in [3.63, 3.8) is 0 Å². The second-order valence-corrected chi connectivity index (χ2v) is 10.2. The number of para-hydroxylation sites is 1. The molecule has 188 valence electrons. The number of fused-ring (bicyclic) bond motifs is 1. The van der Waals surface area contributed by atoms with Gasteiger partial charge < -0.3 is 15.1 Å². The lowest BCUT2D eigenvalue weighted by molar-refractivity contribution is -0.116. The molecule has 9 nitrogen and oxygen atoms in total. The van der Waals surface area contributed by atoms with Gasteiger partial charge in [-0.15, -0.1) is 0 Å². The third-order valence-electron chi connectivity index (χ3n) is 6.41. The SMILES string of the molecule is CN(C)/C=N/c1nc2c(C3CC(=O)C(C=NCCN4CCN(CCO)CC4)=C(O)C3)cccc2s1. The Morgan fingerprint density at radius 1 is 1.17 bits per heavy atom. The zero-order chi connectivity index (χ0) is 24.8. The molecule has 4 rings (SSSR count). The number of carbonyl (C=O) groups is 1. The van der Waals surface area contributed by atoms with E-state index in [0.29, 0.717) is 30.1 Å². The molecule has 2 aromatic rings. The number of piperazine rings is 1. The van der Waals surface area contributed by atoms with Crippen molar-refractivity contribution in [2.45, 2.75) is 18.8 Å². The molecule has 1 aliphatic heterocycles. The molecule has 1 atom stereocenters. The van der Waals surface area contributed by atoms with E-state index in [1.165, 1.54) is 11.3 Å². The van der Waals surface area contributed by atoms with Gasteiger partial charge in [0.05, 0.1) is 35.3 Å². The predicted molar refractivity (Wildman–Crippen MR) is 141 cm³/mol. The minimum atomic E-state index is -0.119. The van der Waals surface area contributed by atoms with Crippen LogP contribution in [0.5, 0.6) is 0 Å². The molecule has 1 unspecified atom stereocenters. The smallest absolute Gasteiger partial charge is 0.211 e. The summed E-state index contributed by atoms with van der Waals surface area (Å²) in [6.07, 6.45) is 3.99. The summed E-state index contributed by atoms with van der Waals surface area (Å²) in [5.74, 6) is -0.102. The van der Waals surface area contributed by atoms with Crippen LogP contribution in [0.1, 0.15) is 24.3 Å². The average molecular weight is 499 g/mol. The molecule has 1 aromatic heterocycles. The quantitative estimate of drug-likeness (QED) is 0.404. The van der Waals surface area contributed by atoms with E-state index in [2.05, 4.69) is 24.8 Å². The number of hydrogen-bond acceptors (Lipinski definition) is 9. The Morgan fingerprint density at radius 2 is 1.91 bits per heavy atom. The topological polar surface area (TPSA) is 105 Å². The van der Waals surface area contributed by atoms with E-state index in [1.807, 2.05) is 37.2 Å².